The largest absolute Gasteiger partial charge is 0.348 e. The van der Waals surface area contributed by atoms with Gasteiger partial charge in [0.05, 0.1) is 17.5 Å². The molecule has 6 heteroatoms. The number of carbonyl (C=O) groups is 1. The van der Waals surface area contributed by atoms with Gasteiger partial charge in [0.15, 0.2) is 0 Å². The molecule has 0 saturated carbocycles. The summed E-state index contributed by atoms with van der Waals surface area (Å²) in [4.78, 5) is 12.9. The van der Waals surface area contributed by atoms with Gasteiger partial charge in [-0.25, -0.2) is 8.42 Å². The van der Waals surface area contributed by atoms with Crippen LogP contribution in [0.2, 0.25) is 0 Å². The van der Waals surface area contributed by atoms with E-state index in [1.165, 1.54) is 4.31 Å². The standard InChI is InChI=1S/C24H26N2O3S/c1-20(22-13-7-3-8-14-22)25-24(27)19-26(18-17-21-11-5-2-6-12-21)30(28,29)23-15-9-4-10-16-23/h2-16,20H,17-19H2,1H3,(H,25,27). The van der Waals surface area contributed by atoms with Crippen LogP contribution in [0.3, 0.4) is 0 Å². The van der Waals surface area contributed by atoms with Crippen molar-refractivity contribution in [2.45, 2.75) is 24.3 Å². The van der Waals surface area contributed by atoms with Crippen LogP contribution in [0.5, 0.6) is 0 Å². The molecular weight excluding hydrogens is 396 g/mol. The van der Waals surface area contributed by atoms with Gasteiger partial charge in [-0.05, 0) is 36.6 Å². The van der Waals surface area contributed by atoms with Gasteiger partial charge in [0.2, 0.25) is 15.9 Å². The third kappa shape index (κ3) is 5.78. The fraction of sp³-hybridized carbons (Fsp3) is 0.208. The molecule has 0 aromatic heterocycles. The van der Waals surface area contributed by atoms with Crippen molar-refractivity contribution < 1.29 is 13.2 Å². The van der Waals surface area contributed by atoms with Crippen LogP contribution in [-0.2, 0) is 21.2 Å². The average Bonchev–Trinajstić information content (AvgIpc) is 2.78. The molecule has 3 aromatic rings. The van der Waals surface area contributed by atoms with Gasteiger partial charge in [0.1, 0.15) is 0 Å². The summed E-state index contributed by atoms with van der Waals surface area (Å²) in [5.74, 6) is -0.334. The number of sulfonamides is 1. The number of carbonyl (C=O) groups excluding carboxylic acids is 1. The molecule has 3 aromatic carbocycles. The van der Waals surface area contributed by atoms with Gasteiger partial charge in [-0.1, -0.05) is 78.9 Å². The quantitative estimate of drug-likeness (QED) is 0.570. The van der Waals surface area contributed by atoms with Crippen LogP contribution < -0.4 is 5.32 Å². The summed E-state index contributed by atoms with van der Waals surface area (Å²) in [7, 11) is -3.79. The van der Waals surface area contributed by atoms with E-state index in [0.717, 1.165) is 11.1 Å². The predicted octanol–water partition coefficient (Wildman–Crippen LogP) is 3.80. The first kappa shape index (κ1) is 21.7. The van der Waals surface area contributed by atoms with Gasteiger partial charge in [-0.2, -0.15) is 4.31 Å². The lowest BCUT2D eigenvalue weighted by Crippen LogP contribution is -2.42. The second kappa shape index (κ2) is 10.2. The number of rotatable bonds is 9. The lowest BCUT2D eigenvalue weighted by molar-refractivity contribution is -0.121. The number of hydrogen-bond acceptors (Lipinski definition) is 3. The third-order valence-corrected chi connectivity index (χ3v) is 6.73. The zero-order valence-corrected chi connectivity index (χ0v) is 17.8. The molecule has 0 bridgehead atoms. The SMILES string of the molecule is CC(NC(=O)CN(CCc1ccccc1)S(=O)(=O)c1ccccc1)c1ccccc1. The highest BCUT2D eigenvalue weighted by Gasteiger charge is 2.26. The van der Waals surface area contributed by atoms with Crippen molar-refractivity contribution in [3.63, 3.8) is 0 Å². The van der Waals surface area contributed by atoms with Crippen molar-refractivity contribution in [2.75, 3.05) is 13.1 Å². The molecule has 156 valence electrons. The minimum atomic E-state index is -3.79. The van der Waals surface area contributed by atoms with E-state index in [9.17, 15) is 13.2 Å². The number of nitrogens with one attached hydrogen (secondary N) is 1. The molecule has 5 nitrogen and oxygen atoms in total. The molecule has 0 aliphatic carbocycles. The number of benzene rings is 3. The summed E-state index contributed by atoms with van der Waals surface area (Å²) in [6, 6.07) is 27.2. The molecule has 0 spiro atoms. The Balaban J connectivity index is 1.75. The normalized spacial score (nSPS) is 12.5. The molecule has 0 heterocycles. The topological polar surface area (TPSA) is 66.5 Å². The van der Waals surface area contributed by atoms with E-state index in [-0.39, 0.29) is 29.9 Å². The van der Waals surface area contributed by atoms with E-state index >= 15 is 0 Å². The second-order valence-corrected chi connectivity index (χ2v) is 9.03. The Hall–Kier alpha value is -2.96. The average molecular weight is 423 g/mol. The number of amides is 1. The molecule has 30 heavy (non-hydrogen) atoms. The van der Waals surface area contributed by atoms with Crippen LogP contribution >= 0.6 is 0 Å². The molecule has 1 N–H and O–H groups in total. The maximum absolute atomic E-state index is 13.2. The Morgan fingerprint density at radius 3 is 2.00 bits per heavy atom. The van der Waals surface area contributed by atoms with E-state index in [4.69, 9.17) is 0 Å². The third-order valence-electron chi connectivity index (χ3n) is 4.87. The summed E-state index contributed by atoms with van der Waals surface area (Å²) in [6.07, 6.45) is 0.522. The maximum atomic E-state index is 13.2. The van der Waals surface area contributed by atoms with Crippen LogP contribution in [0.1, 0.15) is 24.1 Å². The molecule has 1 unspecified atom stereocenters. The smallest absolute Gasteiger partial charge is 0.243 e. The number of nitrogens with zero attached hydrogens (tertiary/aromatic N) is 1. The fourth-order valence-electron chi connectivity index (χ4n) is 3.20. The molecule has 0 fully saturated rings. The van der Waals surface area contributed by atoms with Crippen molar-refractivity contribution in [2.24, 2.45) is 0 Å². The van der Waals surface area contributed by atoms with E-state index < -0.39 is 10.0 Å². The molecule has 3 rings (SSSR count). The highest BCUT2D eigenvalue weighted by molar-refractivity contribution is 7.89. The Kier molecular flexibility index (Phi) is 7.38. The summed E-state index contributed by atoms with van der Waals surface area (Å²) in [5.41, 5.74) is 1.98. The maximum Gasteiger partial charge on any atom is 0.243 e. The van der Waals surface area contributed by atoms with Gasteiger partial charge in [0.25, 0.3) is 0 Å². The molecule has 1 amide bonds. The van der Waals surface area contributed by atoms with Crippen molar-refractivity contribution in [1.29, 1.82) is 0 Å². The summed E-state index contributed by atoms with van der Waals surface area (Å²) in [6.45, 7) is 1.86. The Bertz CT molecular complexity index is 1040. The zero-order valence-electron chi connectivity index (χ0n) is 16.9. The minimum Gasteiger partial charge on any atom is -0.348 e. The van der Waals surface area contributed by atoms with Crippen molar-refractivity contribution in [3.8, 4) is 0 Å². The molecule has 0 saturated heterocycles. The lowest BCUT2D eigenvalue weighted by Gasteiger charge is -2.23. The highest BCUT2D eigenvalue weighted by atomic mass is 32.2. The summed E-state index contributed by atoms with van der Waals surface area (Å²) in [5, 5.41) is 2.90. The van der Waals surface area contributed by atoms with Crippen LogP contribution in [0.15, 0.2) is 95.9 Å². The van der Waals surface area contributed by atoms with Gasteiger partial charge < -0.3 is 5.32 Å². The van der Waals surface area contributed by atoms with Gasteiger partial charge in [0, 0.05) is 6.54 Å². The molecule has 1 atom stereocenters. The van der Waals surface area contributed by atoms with E-state index in [2.05, 4.69) is 5.32 Å². The molecule has 0 aliphatic heterocycles. The summed E-state index contributed by atoms with van der Waals surface area (Å²) >= 11 is 0. The van der Waals surface area contributed by atoms with Crippen molar-refractivity contribution >= 4 is 15.9 Å². The first-order chi connectivity index (χ1) is 14.5. The molecule has 0 radical (unpaired) electrons. The van der Waals surface area contributed by atoms with Crippen molar-refractivity contribution in [1.82, 2.24) is 9.62 Å². The monoisotopic (exact) mass is 422 g/mol. The highest BCUT2D eigenvalue weighted by Crippen LogP contribution is 2.17. The van der Waals surface area contributed by atoms with Crippen LogP contribution in [-0.4, -0.2) is 31.7 Å². The van der Waals surface area contributed by atoms with E-state index in [0.29, 0.717) is 6.42 Å². The fourth-order valence-corrected chi connectivity index (χ4v) is 4.61. The first-order valence-corrected chi connectivity index (χ1v) is 11.3. The van der Waals surface area contributed by atoms with Crippen LogP contribution in [0.4, 0.5) is 0 Å². The molecular formula is C24H26N2O3S. The van der Waals surface area contributed by atoms with Gasteiger partial charge >= 0.3 is 0 Å². The zero-order chi connectivity index (χ0) is 21.4. The number of hydrogen-bond donors (Lipinski definition) is 1. The van der Waals surface area contributed by atoms with E-state index in [1.54, 1.807) is 30.3 Å². The van der Waals surface area contributed by atoms with Gasteiger partial charge in [-0.15, -0.1) is 0 Å². The van der Waals surface area contributed by atoms with Crippen molar-refractivity contribution in [3.05, 3.63) is 102 Å². The second-order valence-electron chi connectivity index (χ2n) is 7.09. The molecule has 0 aliphatic rings. The lowest BCUT2D eigenvalue weighted by atomic mass is 10.1. The first-order valence-electron chi connectivity index (χ1n) is 9.90. The Labute approximate surface area is 178 Å². The van der Waals surface area contributed by atoms with Crippen LogP contribution in [0, 0.1) is 0 Å². The Morgan fingerprint density at radius 1 is 0.867 bits per heavy atom. The predicted molar refractivity (Wildman–Crippen MR) is 118 cm³/mol. The van der Waals surface area contributed by atoms with E-state index in [1.807, 2.05) is 67.6 Å². The Morgan fingerprint density at radius 2 is 1.40 bits per heavy atom. The summed E-state index contributed by atoms with van der Waals surface area (Å²) < 4.78 is 27.6. The van der Waals surface area contributed by atoms with Gasteiger partial charge in [-0.3, -0.25) is 4.79 Å². The van der Waals surface area contributed by atoms with Crippen LogP contribution in [0.25, 0.3) is 0 Å². The minimum absolute atomic E-state index is 0.182.